The fourth-order valence-electron chi connectivity index (χ4n) is 3.27. The summed E-state index contributed by atoms with van der Waals surface area (Å²) in [6.45, 7) is 0.184. The Kier molecular flexibility index (Phi) is 7.88. The molecule has 1 heterocycles. The molecular formula is C24H13Br2Cl3N2O4. The number of carbonyl (C=O) groups is 3. The van der Waals surface area contributed by atoms with Crippen molar-refractivity contribution in [2.45, 2.75) is 6.61 Å². The SMILES string of the molecule is O=C1NC(=O)N(c2ccccc2Cl)C(=O)/C1=C/c1cc(Br)c(OCc2ccc(Cl)cc2Cl)c(Br)c1. The van der Waals surface area contributed by atoms with Gasteiger partial charge in [0.1, 0.15) is 17.9 Å². The molecule has 0 atom stereocenters. The summed E-state index contributed by atoms with van der Waals surface area (Å²) in [6, 6.07) is 13.9. The minimum absolute atomic E-state index is 0.169. The Morgan fingerprint density at radius 2 is 1.60 bits per heavy atom. The van der Waals surface area contributed by atoms with Crippen LogP contribution in [-0.2, 0) is 16.2 Å². The number of anilines is 1. The van der Waals surface area contributed by atoms with Crippen molar-refractivity contribution in [1.82, 2.24) is 5.32 Å². The Balaban J connectivity index is 1.62. The van der Waals surface area contributed by atoms with Gasteiger partial charge in [0.25, 0.3) is 11.8 Å². The largest absolute Gasteiger partial charge is 0.486 e. The maximum Gasteiger partial charge on any atom is 0.335 e. The molecule has 0 unspecified atom stereocenters. The van der Waals surface area contributed by atoms with E-state index in [0.29, 0.717) is 30.3 Å². The predicted molar refractivity (Wildman–Crippen MR) is 143 cm³/mol. The lowest BCUT2D eigenvalue weighted by atomic mass is 10.1. The molecule has 1 N–H and O–H groups in total. The molecule has 0 aliphatic carbocycles. The number of imide groups is 2. The van der Waals surface area contributed by atoms with Crippen molar-refractivity contribution in [2.75, 3.05) is 4.90 Å². The molecular weight excluding hydrogens is 646 g/mol. The summed E-state index contributed by atoms with van der Waals surface area (Å²) in [5.41, 5.74) is 1.19. The van der Waals surface area contributed by atoms with Crippen LogP contribution in [-0.4, -0.2) is 17.8 Å². The van der Waals surface area contributed by atoms with E-state index < -0.39 is 17.8 Å². The van der Waals surface area contributed by atoms with E-state index in [-0.39, 0.29) is 22.9 Å². The molecule has 1 saturated heterocycles. The summed E-state index contributed by atoms with van der Waals surface area (Å²) in [4.78, 5) is 38.8. The minimum atomic E-state index is -0.878. The molecule has 11 heteroatoms. The van der Waals surface area contributed by atoms with Crippen LogP contribution in [0.2, 0.25) is 15.1 Å². The van der Waals surface area contributed by atoms with Gasteiger partial charge in [-0.3, -0.25) is 14.9 Å². The first-order valence-corrected chi connectivity index (χ1v) is 12.6. The topological polar surface area (TPSA) is 75.7 Å². The Morgan fingerprint density at radius 3 is 2.26 bits per heavy atom. The second-order valence-corrected chi connectivity index (χ2v) is 10.2. The van der Waals surface area contributed by atoms with Crippen molar-refractivity contribution >= 4 is 96.3 Å². The number of urea groups is 1. The third kappa shape index (κ3) is 5.57. The van der Waals surface area contributed by atoms with Gasteiger partial charge in [-0.2, -0.15) is 0 Å². The molecule has 3 aromatic carbocycles. The van der Waals surface area contributed by atoms with Crippen LogP contribution in [0.3, 0.4) is 0 Å². The molecule has 1 aliphatic heterocycles. The molecule has 4 rings (SSSR count). The van der Waals surface area contributed by atoms with E-state index in [0.717, 1.165) is 10.5 Å². The van der Waals surface area contributed by atoms with Crippen molar-refractivity contribution in [3.05, 3.63) is 95.3 Å². The van der Waals surface area contributed by atoms with E-state index >= 15 is 0 Å². The Morgan fingerprint density at radius 1 is 0.914 bits per heavy atom. The van der Waals surface area contributed by atoms with Crippen LogP contribution in [0.25, 0.3) is 6.08 Å². The minimum Gasteiger partial charge on any atom is -0.486 e. The average molecular weight is 660 g/mol. The summed E-state index contributed by atoms with van der Waals surface area (Å²) in [6.07, 6.45) is 1.38. The molecule has 178 valence electrons. The highest BCUT2D eigenvalue weighted by molar-refractivity contribution is 9.11. The first-order chi connectivity index (χ1) is 16.7. The quantitative estimate of drug-likeness (QED) is 0.229. The highest BCUT2D eigenvalue weighted by Crippen LogP contribution is 2.37. The summed E-state index contributed by atoms with van der Waals surface area (Å²) in [7, 11) is 0. The van der Waals surface area contributed by atoms with Crippen LogP contribution >= 0.6 is 66.7 Å². The van der Waals surface area contributed by atoms with Gasteiger partial charge in [0.15, 0.2) is 0 Å². The first-order valence-electron chi connectivity index (χ1n) is 9.87. The number of carbonyl (C=O) groups excluding carboxylic acids is 3. The van der Waals surface area contributed by atoms with Crippen LogP contribution in [0.1, 0.15) is 11.1 Å². The van der Waals surface area contributed by atoms with E-state index in [2.05, 4.69) is 37.2 Å². The van der Waals surface area contributed by atoms with Crippen LogP contribution in [0, 0.1) is 0 Å². The van der Waals surface area contributed by atoms with Crippen LogP contribution in [0.5, 0.6) is 5.75 Å². The Bertz CT molecular complexity index is 1390. The fraction of sp³-hybridized carbons (Fsp3) is 0.0417. The molecule has 3 aromatic rings. The van der Waals surface area contributed by atoms with Gasteiger partial charge in [-0.05, 0) is 79.9 Å². The maximum absolute atomic E-state index is 13.1. The number of nitrogens with zero attached hydrogens (tertiary/aromatic N) is 1. The van der Waals surface area contributed by atoms with Crippen LogP contribution in [0.4, 0.5) is 10.5 Å². The van der Waals surface area contributed by atoms with E-state index in [1.165, 1.54) is 12.1 Å². The molecule has 0 radical (unpaired) electrons. The monoisotopic (exact) mass is 656 g/mol. The van der Waals surface area contributed by atoms with Crippen molar-refractivity contribution < 1.29 is 19.1 Å². The Hall–Kier alpha value is -2.36. The van der Waals surface area contributed by atoms with Gasteiger partial charge >= 0.3 is 6.03 Å². The lowest BCUT2D eigenvalue weighted by Crippen LogP contribution is -2.54. The summed E-state index contributed by atoms with van der Waals surface area (Å²) in [5.74, 6) is -1.12. The smallest absolute Gasteiger partial charge is 0.335 e. The summed E-state index contributed by atoms with van der Waals surface area (Å²) < 4.78 is 7.03. The molecule has 0 saturated carbocycles. The zero-order valence-electron chi connectivity index (χ0n) is 17.5. The second kappa shape index (κ2) is 10.7. The molecule has 35 heavy (non-hydrogen) atoms. The van der Waals surface area contributed by atoms with Crippen molar-refractivity contribution in [3.8, 4) is 5.75 Å². The lowest BCUT2D eigenvalue weighted by molar-refractivity contribution is -0.122. The lowest BCUT2D eigenvalue weighted by Gasteiger charge is -2.27. The normalized spacial score (nSPS) is 14.9. The predicted octanol–water partition coefficient (Wildman–Crippen LogP) is 7.42. The van der Waals surface area contributed by atoms with E-state index in [1.807, 2.05) is 0 Å². The molecule has 0 aromatic heterocycles. The number of amides is 4. The number of benzene rings is 3. The van der Waals surface area contributed by atoms with Crippen molar-refractivity contribution in [3.63, 3.8) is 0 Å². The van der Waals surface area contributed by atoms with Crippen molar-refractivity contribution in [2.24, 2.45) is 0 Å². The van der Waals surface area contributed by atoms with E-state index in [4.69, 9.17) is 39.5 Å². The molecule has 0 bridgehead atoms. The van der Waals surface area contributed by atoms with Gasteiger partial charge in [0, 0.05) is 15.6 Å². The third-order valence-corrected chi connectivity index (χ3v) is 7.00. The maximum atomic E-state index is 13.1. The highest BCUT2D eigenvalue weighted by Gasteiger charge is 2.37. The molecule has 4 amide bonds. The van der Waals surface area contributed by atoms with Crippen LogP contribution in [0.15, 0.2) is 69.1 Å². The fourth-order valence-corrected chi connectivity index (χ4v) is 5.40. The van der Waals surface area contributed by atoms with E-state index in [1.54, 1.807) is 48.5 Å². The first kappa shape index (κ1) is 25.7. The van der Waals surface area contributed by atoms with Gasteiger partial charge in [-0.25, -0.2) is 9.69 Å². The number of hydrogen-bond acceptors (Lipinski definition) is 4. The molecule has 6 nitrogen and oxygen atoms in total. The van der Waals surface area contributed by atoms with E-state index in [9.17, 15) is 14.4 Å². The van der Waals surface area contributed by atoms with Gasteiger partial charge < -0.3 is 4.74 Å². The van der Waals surface area contributed by atoms with Crippen molar-refractivity contribution in [1.29, 1.82) is 0 Å². The molecule has 1 aliphatic rings. The zero-order valence-corrected chi connectivity index (χ0v) is 22.9. The number of ether oxygens (including phenoxy) is 1. The number of hydrogen-bond donors (Lipinski definition) is 1. The standard InChI is InChI=1S/C24H13Br2Cl3N2O4/c25-16-8-12(9-17(26)21(16)35-11-13-5-6-14(27)10-19(13)29)7-15-22(32)30-24(34)31(23(15)33)20-4-2-1-3-18(20)28/h1-10H,11H2,(H,30,32,34)/b15-7+. The second-order valence-electron chi connectivity index (χ2n) is 7.25. The van der Waals surface area contributed by atoms with Gasteiger partial charge in [-0.15, -0.1) is 0 Å². The number of barbiturate groups is 1. The summed E-state index contributed by atoms with van der Waals surface area (Å²) >= 11 is 25.2. The van der Waals surface area contributed by atoms with Gasteiger partial charge in [-0.1, -0.05) is 53.0 Å². The van der Waals surface area contributed by atoms with Gasteiger partial charge in [0.2, 0.25) is 0 Å². The highest BCUT2D eigenvalue weighted by atomic mass is 79.9. The molecule has 0 spiro atoms. The number of para-hydroxylation sites is 1. The number of rotatable bonds is 5. The summed E-state index contributed by atoms with van der Waals surface area (Å²) in [5, 5.41) is 3.37. The zero-order chi connectivity index (χ0) is 25.3. The van der Waals surface area contributed by atoms with Gasteiger partial charge in [0.05, 0.1) is 19.7 Å². The number of halogens is 5. The molecule has 1 fully saturated rings. The number of nitrogens with one attached hydrogen (secondary N) is 1. The third-order valence-electron chi connectivity index (χ3n) is 4.91. The van der Waals surface area contributed by atoms with Crippen LogP contribution < -0.4 is 15.0 Å². The average Bonchev–Trinajstić information content (AvgIpc) is 2.78. The Labute approximate surface area is 232 Å².